The van der Waals surface area contributed by atoms with Crippen LogP contribution in [0.5, 0.6) is 0 Å². The van der Waals surface area contributed by atoms with Crippen LogP contribution in [0.1, 0.15) is 16.7 Å². The van der Waals surface area contributed by atoms with Gasteiger partial charge in [0.25, 0.3) is 0 Å². The third kappa shape index (κ3) is 3.74. The number of benzene rings is 2. The molecule has 0 aliphatic carbocycles. The molecule has 0 aliphatic rings. The van der Waals surface area contributed by atoms with Crippen molar-refractivity contribution in [2.75, 3.05) is 11.9 Å². The number of nitrogens with zero attached hydrogens (tertiary/aromatic N) is 1. The molecule has 0 atom stereocenters. The Kier molecular flexibility index (Phi) is 4.43. The van der Waals surface area contributed by atoms with Gasteiger partial charge in [0, 0.05) is 11.6 Å². The van der Waals surface area contributed by atoms with E-state index >= 15 is 0 Å². The average molecular weight is 271 g/mol. The van der Waals surface area contributed by atoms with Gasteiger partial charge < -0.3 is 5.32 Å². The molecule has 1 N–H and O–H groups in total. The van der Waals surface area contributed by atoms with E-state index in [0.29, 0.717) is 5.56 Å². The molecule has 96 valence electrons. The van der Waals surface area contributed by atoms with Crippen molar-refractivity contribution in [3.05, 3.63) is 64.2 Å². The van der Waals surface area contributed by atoms with Crippen LogP contribution in [-0.4, -0.2) is 6.54 Å². The lowest BCUT2D eigenvalue weighted by Gasteiger charge is -2.09. The van der Waals surface area contributed by atoms with Gasteiger partial charge in [-0.2, -0.15) is 5.26 Å². The Morgan fingerprint density at radius 3 is 2.58 bits per heavy atom. The summed E-state index contributed by atoms with van der Waals surface area (Å²) in [6.07, 6.45) is 0.899. The maximum atomic E-state index is 9.09. The van der Waals surface area contributed by atoms with Crippen molar-refractivity contribution in [3.63, 3.8) is 0 Å². The van der Waals surface area contributed by atoms with E-state index in [2.05, 4.69) is 11.4 Å². The van der Waals surface area contributed by atoms with Gasteiger partial charge in [-0.15, -0.1) is 0 Å². The van der Waals surface area contributed by atoms with E-state index in [9.17, 15) is 0 Å². The summed E-state index contributed by atoms with van der Waals surface area (Å²) in [6.45, 7) is 2.78. The zero-order chi connectivity index (χ0) is 13.7. The minimum atomic E-state index is 0.691. The maximum Gasteiger partial charge on any atom is 0.101 e. The number of aryl methyl sites for hydroxylation is 1. The van der Waals surface area contributed by atoms with Crippen LogP contribution in [0.4, 0.5) is 5.69 Å². The molecule has 2 aromatic rings. The molecule has 0 bridgehead atoms. The minimum absolute atomic E-state index is 0.691. The highest BCUT2D eigenvalue weighted by molar-refractivity contribution is 6.30. The van der Waals surface area contributed by atoms with Crippen molar-refractivity contribution >= 4 is 17.3 Å². The van der Waals surface area contributed by atoms with Gasteiger partial charge in [0.05, 0.1) is 11.3 Å². The van der Waals surface area contributed by atoms with E-state index in [-0.39, 0.29) is 0 Å². The van der Waals surface area contributed by atoms with E-state index in [4.69, 9.17) is 16.9 Å². The van der Waals surface area contributed by atoms with Gasteiger partial charge in [0.15, 0.2) is 0 Å². The minimum Gasteiger partial charge on any atom is -0.384 e. The fourth-order valence-electron chi connectivity index (χ4n) is 1.90. The summed E-state index contributed by atoms with van der Waals surface area (Å²) in [5, 5.41) is 13.1. The van der Waals surface area contributed by atoms with Gasteiger partial charge in [0.1, 0.15) is 6.07 Å². The van der Waals surface area contributed by atoms with Crippen molar-refractivity contribution in [3.8, 4) is 6.07 Å². The first-order valence-electron chi connectivity index (χ1n) is 6.18. The monoisotopic (exact) mass is 270 g/mol. The summed E-state index contributed by atoms with van der Waals surface area (Å²) in [7, 11) is 0. The van der Waals surface area contributed by atoms with Crippen molar-refractivity contribution in [2.24, 2.45) is 0 Å². The third-order valence-electron chi connectivity index (χ3n) is 2.94. The lowest BCUT2D eigenvalue weighted by molar-refractivity contribution is 1.02. The third-order valence-corrected chi connectivity index (χ3v) is 3.19. The molecule has 2 nitrogen and oxygen atoms in total. The summed E-state index contributed by atoms with van der Waals surface area (Å²) in [4.78, 5) is 0. The zero-order valence-electron chi connectivity index (χ0n) is 10.8. The second-order valence-corrected chi connectivity index (χ2v) is 4.90. The summed E-state index contributed by atoms with van der Waals surface area (Å²) in [5.41, 5.74) is 3.90. The summed E-state index contributed by atoms with van der Waals surface area (Å²) >= 11 is 5.84. The van der Waals surface area contributed by atoms with E-state index < -0.39 is 0 Å². The normalized spacial score (nSPS) is 9.95. The van der Waals surface area contributed by atoms with Gasteiger partial charge in [-0.25, -0.2) is 0 Å². The van der Waals surface area contributed by atoms with Crippen LogP contribution in [-0.2, 0) is 6.42 Å². The molecular weight excluding hydrogens is 256 g/mol. The number of hydrogen-bond acceptors (Lipinski definition) is 2. The lowest BCUT2D eigenvalue weighted by Crippen LogP contribution is -2.06. The largest absolute Gasteiger partial charge is 0.384 e. The quantitative estimate of drug-likeness (QED) is 0.905. The van der Waals surface area contributed by atoms with Gasteiger partial charge in [-0.3, -0.25) is 0 Å². The van der Waals surface area contributed by atoms with Gasteiger partial charge in [0.2, 0.25) is 0 Å². The molecule has 0 aliphatic heterocycles. The van der Waals surface area contributed by atoms with Crippen molar-refractivity contribution in [1.29, 1.82) is 5.26 Å². The summed E-state index contributed by atoms with van der Waals surface area (Å²) in [5.74, 6) is 0. The highest BCUT2D eigenvalue weighted by atomic mass is 35.5. The predicted molar refractivity (Wildman–Crippen MR) is 79.5 cm³/mol. The topological polar surface area (TPSA) is 35.8 Å². The number of halogens is 1. The van der Waals surface area contributed by atoms with Crippen molar-refractivity contribution in [1.82, 2.24) is 0 Å². The smallest absolute Gasteiger partial charge is 0.101 e. The first-order valence-corrected chi connectivity index (χ1v) is 6.56. The van der Waals surface area contributed by atoms with Crippen LogP contribution < -0.4 is 5.32 Å². The Labute approximate surface area is 118 Å². The molecule has 0 amide bonds. The zero-order valence-corrected chi connectivity index (χ0v) is 11.5. The SMILES string of the molecule is Cc1ccc(NCCc2ccc(Cl)cc2)c(C#N)c1. The molecule has 2 rings (SSSR count). The number of anilines is 1. The molecular formula is C16H15ClN2. The first-order chi connectivity index (χ1) is 9.19. The molecule has 0 fully saturated rings. The Hall–Kier alpha value is -1.98. The second kappa shape index (κ2) is 6.26. The molecule has 2 aromatic carbocycles. The van der Waals surface area contributed by atoms with Crippen molar-refractivity contribution in [2.45, 2.75) is 13.3 Å². The molecule has 0 aromatic heterocycles. The summed E-state index contributed by atoms with van der Waals surface area (Å²) in [6, 6.07) is 15.9. The maximum absolute atomic E-state index is 9.09. The molecule has 0 unspecified atom stereocenters. The van der Waals surface area contributed by atoms with Gasteiger partial charge in [-0.1, -0.05) is 29.8 Å². The Morgan fingerprint density at radius 2 is 1.89 bits per heavy atom. The van der Waals surface area contributed by atoms with Gasteiger partial charge in [-0.05, 0) is 48.7 Å². The van der Waals surface area contributed by atoms with Crippen LogP contribution in [0.3, 0.4) is 0 Å². The number of nitriles is 1. The Balaban J connectivity index is 1.96. The second-order valence-electron chi connectivity index (χ2n) is 4.46. The molecule has 0 saturated heterocycles. The fraction of sp³-hybridized carbons (Fsp3) is 0.188. The van der Waals surface area contributed by atoms with Crippen LogP contribution in [0.25, 0.3) is 0 Å². The summed E-state index contributed by atoms with van der Waals surface area (Å²) < 4.78 is 0. The van der Waals surface area contributed by atoms with E-state index in [1.165, 1.54) is 5.56 Å². The molecule has 19 heavy (non-hydrogen) atoms. The number of rotatable bonds is 4. The van der Waals surface area contributed by atoms with Crippen LogP contribution in [0, 0.1) is 18.3 Å². The number of hydrogen-bond donors (Lipinski definition) is 1. The highest BCUT2D eigenvalue weighted by Gasteiger charge is 2.01. The van der Waals surface area contributed by atoms with E-state index in [0.717, 1.165) is 29.2 Å². The lowest BCUT2D eigenvalue weighted by atomic mass is 10.1. The van der Waals surface area contributed by atoms with Crippen LogP contribution in [0.2, 0.25) is 5.02 Å². The molecule has 0 spiro atoms. The standard InChI is InChI=1S/C16H15ClN2/c1-12-2-7-16(14(10-12)11-18)19-9-8-13-3-5-15(17)6-4-13/h2-7,10,19H,8-9H2,1H3. The van der Waals surface area contributed by atoms with E-state index in [1.807, 2.05) is 49.4 Å². The van der Waals surface area contributed by atoms with Gasteiger partial charge >= 0.3 is 0 Å². The predicted octanol–water partition coefficient (Wildman–Crippen LogP) is 4.17. The van der Waals surface area contributed by atoms with Crippen LogP contribution >= 0.6 is 11.6 Å². The molecule has 0 saturated carbocycles. The fourth-order valence-corrected chi connectivity index (χ4v) is 2.02. The average Bonchev–Trinajstić information content (AvgIpc) is 2.42. The number of nitrogens with one attached hydrogen (secondary N) is 1. The van der Waals surface area contributed by atoms with Crippen LogP contribution in [0.15, 0.2) is 42.5 Å². The molecule has 0 radical (unpaired) electrons. The Morgan fingerprint density at radius 1 is 1.16 bits per heavy atom. The molecule has 3 heteroatoms. The highest BCUT2D eigenvalue weighted by Crippen LogP contribution is 2.16. The Bertz CT molecular complexity index is 597. The first kappa shape index (κ1) is 13.5. The van der Waals surface area contributed by atoms with E-state index in [1.54, 1.807) is 0 Å². The molecule has 0 heterocycles. The van der Waals surface area contributed by atoms with Crippen molar-refractivity contribution < 1.29 is 0 Å².